The molecule has 1 amide bonds. The number of hydrogen-bond acceptors (Lipinski definition) is 6. The van der Waals surface area contributed by atoms with E-state index in [9.17, 15) is 14.7 Å². The van der Waals surface area contributed by atoms with Gasteiger partial charge in [-0.15, -0.1) is 0 Å². The molecule has 4 rings (SSSR count). The zero-order valence-electron chi connectivity index (χ0n) is 18.8. The predicted molar refractivity (Wildman–Crippen MR) is 130 cm³/mol. The Hall–Kier alpha value is -3.59. The zero-order valence-corrected chi connectivity index (χ0v) is 20.4. The summed E-state index contributed by atoms with van der Waals surface area (Å²) >= 11 is 3.37. The number of amides is 1. The lowest BCUT2D eigenvalue weighted by Crippen LogP contribution is -2.31. The van der Waals surface area contributed by atoms with Crippen molar-refractivity contribution in [3.05, 3.63) is 82.4 Å². The minimum Gasteiger partial charge on any atom is -0.507 e. The number of hydrogen-bond donors (Lipinski definition) is 1. The van der Waals surface area contributed by atoms with Crippen LogP contribution in [0.3, 0.4) is 0 Å². The van der Waals surface area contributed by atoms with Crippen molar-refractivity contribution in [2.75, 3.05) is 20.8 Å². The molecule has 1 aliphatic rings. The molecule has 3 aromatic rings. The number of benzene rings is 2. The van der Waals surface area contributed by atoms with Crippen LogP contribution in [0.1, 0.15) is 23.6 Å². The molecule has 0 unspecified atom stereocenters. The number of halogens is 1. The molecule has 0 spiro atoms. The average molecular weight is 526 g/mol. The number of rotatable bonds is 8. The van der Waals surface area contributed by atoms with Gasteiger partial charge >= 0.3 is 0 Å². The Morgan fingerprint density at radius 2 is 1.79 bits per heavy atom. The van der Waals surface area contributed by atoms with Crippen LogP contribution in [0.4, 0.5) is 0 Å². The van der Waals surface area contributed by atoms with Crippen molar-refractivity contribution in [1.82, 2.24) is 14.5 Å². The number of carbonyl (C=O) groups is 2. The number of methoxy groups -OCH3 is 2. The molecule has 0 saturated carbocycles. The van der Waals surface area contributed by atoms with Gasteiger partial charge < -0.3 is 24.0 Å². The van der Waals surface area contributed by atoms with E-state index in [0.29, 0.717) is 42.1 Å². The quantitative estimate of drug-likeness (QED) is 0.269. The molecule has 1 N–H and O–H groups in total. The Labute approximate surface area is 205 Å². The largest absolute Gasteiger partial charge is 0.507 e. The zero-order chi connectivity index (χ0) is 24.2. The summed E-state index contributed by atoms with van der Waals surface area (Å²) in [6.07, 6.45) is 5.83. The first-order valence-corrected chi connectivity index (χ1v) is 11.5. The van der Waals surface area contributed by atoms with Crippen molar-refractivity contribution in [1.29, 1.82) is 0 Å². The predicted octanol–water partition coefficient (Wildman–Crippen LogP) is 4.17. The van der Waals surface area contributed by atoms with Crippen molar-refractivity contribution < 1.29 is 24.2 Å². The van der Waals surface area contributed by atoms with E-state index in [1.807, 2.05) is 10.8 Å². The highest BCUT2D eigenvalue weighted by molar-refractivity contribution is 9.10. The third kappa shape index (κ3) is 4.56. The number of ether oxygens (including phenoxy) is 2. The Bertz CT molecular complexity index is 1220. The van der Waals surface area contributed by atoms with E-state index in [1.165, 1.54) is 19.1 Å². The number of Topliss-reactive ketones (excluding diaryl/α,β-unsaturated/α-hetero) is 1. The van der Waals surface area contributed by atoms with Crippen LogP contribution in [-0.2, 0) is 16.1 Å². The molecule has 0 aliphatic carbocycles. The SMILES string of the molecule is COc1ccc([C@H]2/C(=C(\O)c3ccc(Br)cc3)C(=O)C(=O)N2CCCn2ccnc2)cc1OC. The van der Waals surface area contributed by atoms with Crippen LogP contribution in [0.15, 0.2) is 71.2 Å². The summed E-state index contributed by atoms with van der Waals surface area (Å²) in [5.74, 6) is -0.599. The molecule has 34 heavy (non-hydrogen) atoms. The second-order valence-corrected chi connectivity index (χ2v) is 8.68. The van der Waals surface area contributed by atoms with E-state index in [4.69, 9.17) is 9.47 Å². The molecular weight excluding hydrogens is 502 g/mol. The maximum Gasteiger partial charge on any atom is 0.295 e. The Kier molecular flexibility index (Phi) is 7.02. The molecule has 0 radical (unpaired) electrons. The highest BCUT2D eigenvalue weighted by Gasteiger charge is 2.46. The van der Waals surface area contributed by atoms with E-state index in [0.717, 1.165) is 4.47 Å². The first-order valence-electron chi connectivity index (χ1n) is 10.7. The van der Waals surface area contributed by atoms with Crippen molar-refractivity contribution in [2.45, 2.75) is 19.0 Å². The number of ketones is 1. The number of aryl methyl sites for hydroxylation is 1. The van der Waals surface area contributed by atoms with Gasteiger partial charge in [0.05, 0.1) is 32.2 Å². The number of nitrogens with zero attached hydrogens (tertiary/aromatic N) is 3. The Morgan fingerprint density at radius 1 is 1.06 bits per heavy atom. The van der Waals surface area contributed by atoms with Gasteiger partial charge in [-0.1, -0.05) is 34.1 Å². The average Bonchev–Trinajstić information content (AvgIpc) is 3.46. The van der Waals surface area contributed by atoms with E-state index >= 15 is 0 Å². The van der Waals surface area contributed by atoms with Crippen molar-refractivity contribution in [2.24, 2.45) is 0 Å². The number of aliphatic hydroxyl groups excluding tert-OH is 1. The minimum absolute atomic E-state index is 0.0437. The van der Waals surface area contributed by atoms with Crippen LogP contribution in [-0.4, -0.2) is 52.0 Å². The summed E-state index contributed by atoms with van der Waals surface area (Å²) in [6, 6.07) is 11.4. The van der Waals surface area contributed by atoms with Crippen molar-refractivity contribution in [3.8, 4) is 11.5 Å². The number of aromatic nitrogens is 2. The smallest absolute Gasteiger partial charge is 0.295 e. The molecule has 2 heterocycles. The van der Waals surface area contributed by atoms with Crippen LogP contribution in [0.25, 0.3) is 5.76 Å². The number of carbonyl (C=O) groups excluding carboxylic acids is 2. The summed E-state index contributed by atoms with van der Waals surface area (Å²) < 4.78 is 13.5. The summed E-state index contributed by atoms with van der Waals surface area (Å²) in [5, 5.41) is 11.1. The van der Waals surface area contributed by atoms with Crippen LogP contribution < -0.4 is 9.47 Å². The van der Waals surface area contributed by atoms with Gasteiger partial charge in [-0.2, -0.15) is 0 Å². The molecular formula is C25H24BrN3O5. The molecule has 8 nitrogen and oxygen atoms in total. The minimum atomic E-state index is -0.772. The molecule has 1 atom stereocenters. The second-order valence-electron chi connectivity index (χ2n) is 7.77. The van der Waals surface area contributed by atoms with Gasteiger partial charge in [0.2, 0.25) is 0 Å². The number of imidazole rings is 1. The third-order valence-corrected chi connectivity index (χ3v) is 6.28. The van der Waals surface area contributed by atoms with E-state index < -0.39 is 17.7 Å². The first kappa shape index (κ1) is 23.6. The summed E-state index contributed by atoms with van der Waals surface area (Å²) in [7, 11) is 3.05. The fourth-order valence-corrected chi connectivity index (χ4v) is 4.35. The van der Waals surface area contributed by atoms with Gasteiger partial charge in [-0.3, -0.25) is 9.59 Å². The highest BCUT2D eigenvalue weighted by Crippen LogP contribution is 2.42. The standard InChI is InChI=1S/C25H24BrN3O5/c1-33-19-9-6-17(14-20(19)34-2)22-21(23(30)16-4-7-18(26)8-5-16)24(31)25(32)29(22)12-3-11-28-13-10-27-15-28/h4-10,13-15,22,30H,3,11-12H2,1-2H3/b23-21+/t22-/m0/s1. The number of likely N-dealkylation sites (tertiary alicyclic amines) is 1. The third-order valence-electron chi connectivity index (χ3n) is 5.76. The lowest BCUT2D eigenvalue weighted by Gasteiger charge is -2.26. The fourth-order valence-electron chi connectivity index (χ4n) is 4.09. The van der Waals surface area contributed by atoms with E-state index in [-0.39, 0.29) is 11.3 Å². The molecule has 1 saturated heterocycles. The van der Waals surface area contributed by atoms with Gasteiger partial charge in [-0.05, 0) is 36.2 Å². The highest BCUT2D eigenvalue weighted by atomic mass is 79.9. The van der Waals surface area contributed by atoms with Gasteiger partial charge in [0, 0.05) is 35.5 Å². The fraction of sp³-hybridized carbons (Fsp3) is 0.240. The van der Waals surface area contributed by atoms with Crippen LogP contribution in [0.2, 0.25) is 0 Å². The maximum absolute atomic E-state index is 13.2. The molecule has 2 aromatic carbocycles. The normalized spacial score (nSPS) is 17.3. The summed E-state index contributed by atoms with van der Waals surface area (Å²) in [5.41, 5.74) is 1.13. The van der Waals surface area contributed by atoms with Crippen molar-refractivity contribution in [3.63, 3.8) is 0 Å². The van der Waals surface area contributed by atoms with E-state index in [1.54, 1.807) is 55.0 Å². The lowest BCUT2D eigenvalue weighted by atomic mass is 9.95. The Balaban J connectivity index is 1.77. The van der Waals surface area contributed by atoms with Gasteiger partial charge in [-0.25, -0.2) is 4.98 Å². The topological polar surface area (TPSA) is 93.9 Å². The number of aliphatic hydroxyl groups is 1. The Morgan fingerprint density at radius 3 is 2.44 bits per heavy atom. The van der Waals surface area contributed by atoms with Crippen LogP contribution >= 0.6 is 15.9 Å². The van der Waals surface area contributed by atoms with Crippen molar-refractivity contribution >= 4 is 33.4 Å². The molecule has 1 fully saturated rings. The van der Waals surface area contributed by atoms with Gasteiger partial charge in [0.1, 0.15) is 5.76 Å². The molecule has 0 bridgehead atoms. The van der Waals surface area contributed by atoms with Crippen LogP contribution in [0, 0.1) is 0 Å². The van der Waals surface area contributed by atoms with Crippen LogP contribution in [0.5, 0.6) is 11.5 Å². The van der Waals surface area contributed by atoms with E-state index in [2.05, 4.69) is 20.9 Å². The second kappa shape index (κ2) is 10.1. The first-order chi connectivity index (χ1) is 16.4. The summed E-state index contributed by atoms with van der Waals surface area (Å²) in [6.45, 7) is 0.952. The summed E-state index contributed by atoms with van der Waals surface area (Å²) in [4.78, 5) is 31.8. The lowest BCUT2D eigenvalue weighted by molar-refractivity contribution is -0.139. The maximum atomic E-state index is 13.2. The molecule has 9 heteroatoms. The molecule has 1 aliphatic heterocycles. The molecule has 176 valence electrons. The van der Waals surface area contributed by atoms with Gasteiger partial charge in [0.25, 0.3) is 11.7 Å². The van der Waals surface area contributed by atoms with Gasteiger partial charge in [0.15, 0.2) is 11.5 Å². The molecule has 1 aromatic heterocycles. The monoisotopic (exact) mass is 525 g/mol.